The molecule has 0 atom stereocenters. The van der Waals surface area contributed by atoms with E-state index in [1.165, 1.54) is 23.5 Å². The van der Waals surface area contributed by atoms with E-state index in [4.69, 9.17) is 4.74 Å². The van der Waals surface area contributed by atoms with Gasteiger partial charge in [-0.15, -0.1) is 6.58 Å². The minimum Gasteiger partial charge on any atom is -0.496 e. The molecule has 3 aromatic rings. The van der Waals surface area contributed by atoms with Crippen molar-refractivity contribution in [3.05, 3.63) is 101 Å². The van der Waals surface area contributed by atoms with Crippen molar-refractivity contribution in [1.29, 1.82) is 0 Å². The van der Waals surface area contributed by atoms with Crippen molar-refractivity contribution in [2.24, 2.45) is 0 Å². The van der Waals surface area contributed by atoms with Gasteiger partial charge in [0.1, 0.15) is 5.75 Å². The topological polar surface area (TPSA) is 75.7 Å². The first-order chi connectivity index (χ1) is 15.8. The Kier molecular flexibility index (Phi) is 7.94. The molecule has 8 heteroatoms. The van der Waals surface area contributed by atoms with E-state index in [2.05, 4.69) is 27.8 Å². The third kappa shape index (κ3) is 5.83. The van der Waals surface area contributed by atoms with E-state index in [1.807, 2.05) is 19.1 Å². The van der Waals surface area contributed by atoms with Gasteiger partial charge in [0.05, 0.1) is 28.7 Å². The highest BCUT2D eigenvalue weighted by atomic mass is 79.9. The third-order valence-electron chi connectivity index (χ3n) is 4.98. The first kappa shape index (κ1) is 24.5. The zero-order valence-electron chi connectivity index (χ0n) is 18.4. The van der Waals surface area contributed by atoms with Crippen LogP contribution >= 0.6 is 15.9 Å². The van der Waals surface area contributed by atoms with E-state index >= 15 is 0 Å². The Labute approximate surface area is 203 Å². The van der Waals surface area contributed by atoms with Crippen LogP contribution in [0.5, 0.6) is 5.75 Å². The van der Waals surface area contributed by atoms with E-state index in [0.717, 1.165) is 11.1 Å². The van der Waals surface area contributed by atoms with Crippen molar-refractivity contribution in [2.75, 3.05) is 18.0 Å². The summed E-state index contributed by atoms with van der Waals surface area (Å²) in [5.74, 6) is 0.328. The number of anilines is 1. The van der Waals surface area contributed by atoms with Crippen LogP contribution in [0.4, 0.5) is 5.69 Å². The van der Waals surface area contributed by atoms with Gasteiger partial charge in [-0.25, -0.2) is 8.42 Å². The van der Waals surface area contributed by atoms with Gasteiger partial charge in [0, 0.05) is 12.1 Å². The second kappa shape index (κ2) is 10.7. The molecular formula is C25H25BrN2O4S. The molecule has 0 spiro atoms. The summed E-state index contributed by atoms with van der Waals surface area (Å²) in [5, 5.41) is 2.72. The molecule has 0 saturated carbocycles. The Balaban J connectivity index is 1.97. The molecule has 6 nitrogen and oxygen atoms in total. The number of carbonyl (C=O) groups excluding carboxylic acids is 1. The maximum absolute atomic E-state index is 13.7. The molecule has 0 aliphatic rings. The molecular weight excluding hydrogens is 504 g/mol. The number of nitrogens with zero attached hydrogens (tertiary/aromatic N) is 1. The van der Waals surface area contributed by atoms with Crippen LogP contribution in [0, 0.1) is 6.92 Å². The maximum Gasteiger partial charge on any atom is 0.264 e. The van der Waals surface area contributed by atoms with Crippen LogP contribution in [0.15, 0.2) is 88.8 Å². The average molecular weight is 529 g/mol. The number of benzene rings is 3. The summed E-state index contributed by atoms with van der Waals surface area (Å²) < 4.78 is 34.4. The number of aryl methyl sites for hydroxylation is 1. The first-order valence-electron chi connectivity index (χ1n) is 10.2. The molecule has 3 rings (SSSR count). The summed E-state index contributed by atoms with van der Waals surface area (Å²) in [7, 11) is -2.37. The van der Waals surface area contributed by atoms with Gasteiger partial charge in [0.2, 0.25) is 0 Å². The number of nitrogens with one attached hydrogen (secondary N) is 1. The fourth-order valence-electron chi connectivity index (χ4n) is 3.16. The van der Waals surface area contributed by atoms with E-state index in [1.54, 1.807) is 48.5 Å². The van der Waals surface area contributed by atoms with Crippen LogP contribution < -0.4 is 14.4 Å². The largest absolute Gasteiger partial charge is 0.496 e. The lowest BCUT2D eigenvalue weighted by Crippen LogP contribution is -2.30. The Morgan fingerprint density at radius 3 is 2.33 bits per heavy atom. The van der Waals surface area contributed by atoms with Crippen LogP contribution in [0.25, 0.3) is 0 Å². The Morgan fingerprint density at radius 2 is 1.76 bits per heavy atom. The second-order valence-electron chi connectivity index (χ2n) is 7.34. The van der Waals surface area contributed by atoms with Crippen molar-refractivity contribution in [2.45, 2.75) is 18.4 Å². The van der Waals surface area contributed by atoms with Crippen molar-refractivity contribution < 1.29 is 17.9 Å². The number of hydrogen-bond acceptors (Lipinski definition) is 4. The van der Waals surface area contributed by atoms with Gasteiger partial charge in [-0.1, -0.05) is 35.9 Å². The molecule has 0 aliphatic carbocycles. The highest BCUT2D eigenvalue weighted by Crippen LogP contribution is 2.31. The predicted octanol–water partition coefficient (Wildman–Crippen LogP) is 5.08. The monoisotopic (exact) mass is 528 g/mol. The highest BCUT2D eigenvalue weighted by Gasteiger charge is 2.26. The van der Waals surface area contributed by atoms with E-state index in [0.29, 0.717) is 28.0 Å². The lowest BCUT2D eigenvalue weighted by molar-refractivity contribution is 0.0958. The molecule has 0 unspecified atom stereocenters. The molecule has 1 N–H and O–H groups in total. The van der Waals surface area contributed by atoms with Crippen LogP contribution in [0.1, 0.15) is 21.5 Å². The molecule has 0 radical (unpaired) electrons. The molecule has 0 bridgehead atoms. The van der Waals surface area contributed by atoms with Crippen LogP contribution in [-0.4, -0.2) is 28.0 Å². The summed E-state index contributed by atoms with van der Waals surface area (Å²) in [4.78, 5) is 12.3. The van der Waals surface area contributed by atoms with Gasteiger partial charge in [-0.05, 0) is 70.9 Å². The van der Waals surface area contributed by atoms with Crippen molar-refractivity contribution in [1.82, 2.24) is 5.32 Å². The normalized spacial score (nSPS) is 11.0. The van der Waals surface area contributed by atoms with E-state index in [9.17, 15) is 13.2 Å². The molecule has 0 fully saturated rings. The second-order valence-corrected chi connectivity index (χ2v) is 10.1. The van der Waals surface area contributed by atoms with Crippen molar-refractivity contribution in [3.8, 4) is 5.75 Å². The number of amides is 1. The Hall–Kier alpha value is -3.10. The fraction of sp³-hybridized carbons (Fsp3) is 0.160. The van der Waals surface area contributed by atoms with Gasteiger partial charge < -0.3 is 10.1 Å². The van der Waals surface area contributed by atoms with Crippen molar-refractivity contribution >= 4 is 37.5 Å². The van der Waals surface area contributed by atoms with E-state index in [-0.39, 0.29) is 17.3 Å². The maximum atomic E-state index is 13.7. The van der Waals surface area contributed by atoms with Crippen LogP contribution in [0.2, 0.25) is 0 Å². The summed E-state index contributed by atoms with van der Waals surface area (Å²) in [5.41, 5.74) is 2.80. The first-order valence-corrected chi connectivity index (χ1v) is 12.4. The average Bonchev–Trinajstić information content (AvgIpc) is 2.82. The van der Waals surface area contributed by atoms with Crippen LogP contribution in [-0.2, 0) is 16.6 Å². The number of methoxy groups -OCH3 is 1. The van der Waals surface area contributed by atoms with Gasteiger partial charge in [0.15, 0.2) is 0 Å². The summed E-state index contributed by atoms with van der Waals surface area (Å²) in [6.45, 7) is 6.00. The Morgan fingerprint density at radius 1 is 1.09 bits per heavy atom. The fourth-order valence-corrected chi connectivity index (χ4v) is 5.33. The number of sulfonamides is 1. The molecule has 3 aromatic carbocycles. The molecule has 172 valence electrons. The van der Waals surface area contributed by atoms with Gasteiger partial charge in [0.25, 0.3) is 15.9 Å². The number of rotatable bonds is 9. The zero-order valence-corrected chi connectivity index (χ0v) is 20.8. The van der Waals surface area contributed by atoms with Crippen LogP contribution in [0.3, 0.4) is 0 Å². The van der Waals surface area contributed by atoms with Crippen molar-refractivity contribution in [3.63, 3.8) is 0 Å². The highest BCUT2D eigenvalue weighted by molar-refractivity contribution is 9.10. The minimum absolute atomic E-state index is 0.101. The standard InChI is InChI=1S/C25H25BrN2O4S/c1-4-15-27-25(29)20-9-7-19(8-10-20)17-28(21-11-5-18(2)6-12-21)33(30,31)22-13-14-24(32-3)23(26)16-22/h4-14,16H,1,15,17H2,2-3H3,(H,27,29). The third-order valence-corrected chi connectivity index (χ3v) is 7.37. The molecule has 1 amide bonds. The van der Waals surface area contributed by atoms with Gasteiger partial charge in [-0.2, -0.15) is 0 Å². The minimum atomic E-state index is -3.89. The summed E-state index contributed by atoms with van der Waals surface area (Å²) >= 11 is 3.37. The number of halogens is 1. The molecule has 0 aliphatic heterocycles. The Bertz CT molecular complexity index is 1240. The number of carbonyl (C=O) groups is 1. The lowest BCUT2D eigenvalue weighted by atomic mass is 10.1. The predicted molar refractivity (Wildman–Crippen MR) is 134 cm³/mol. The summed E-state index contributed by atoms with van der Waals surface area (Å²) in [6.07, 6.45) is 1.61. The van der Waals surface area contributed by atoms with Gasteiger partial charge >= 0.3 is 0 Å². The molecule has 0 saturated heterocycles. The number of hydrogen-bond donors (Lipinski definition) is 1. The molecule has 0 heterocycles. The van der Waals surface area contributed by atoms with E-state index < -0.39 is 10.0 Å². The molecule has 0 aromatic heterocycles. The number of ether oxygens (including phenoxy) is 1. The quantitative estimate of drug-likeness (QED) is 0.393. The van der Waals surface area contributed by atoms with Gasteiger partial charge in [-0.3, -0.25) is 9.10 Å². The zero-order chi connectivity index (χ0) is 24.0. The molecule has 33 heavy (non-hydrogen) atoms. The SMILES string of the molecule is C=CCNC(=O)c1ccc(CN(c2ccc(C)cc2)S(=O)(=O)c2ccc(OC)c(Br)c2)cc1. The smallest absolute Gasteiger partial charge is 0.264 e. The summed E-state index contributed by atoms with van der Waals surface area (Å²) in [6, 6.07) is 18.8. The lowest BCUT2D eigenvalue weighted by Gasteiger charge is -2.25.